The summed E-state index contributed by atoms with van der Waals surface area (Å²) in [5.41, 5.74) is 3.01. The van der Waals surface area contributed by atoms with Gasteiger partial charge < -0.3 is 5.32 Å². The van der Waals surface area contributed by atoms with Crippen LogP contribution in [0.4, 0.5) is 5.69 Å². The standard InChI is InChI=1S/C20H24N2O3S/c1-14-7-5-8-15(2)19(14)21-20(23)16-9-6-12-18(13-16)26(24,25)22-17-10-3-4-11-17/h5-9,12-13,17,22H,3-4,10-11H2,1-2H3,(H,21,23). The summed E-state index contributed by atoms with van der Waals surface area (Å²) >= 11 is 0. The molecule has 0 atom stereocenters. The zero-order valence-electron chi connectivity index (χ0n) is 15.1. The second kappa shape index (κ2) is 7.60. The van der Waals surface area contributed by atoms with E-state index in [9.17, 15) is 13.2 Å². The number of carbonyl (C=O) groups excluding carboxylic acids is 1. The van der Waals surface area contributed by atoms with Crippen molar-refractivity contribution in [3.8, 4) is 0 Å². The van der Waals surface area contributed by atoms with Crippen LogP contribution in [-0.4, -0.2) is 20.4 Å². The molecule has 0 aromatic heterocycles. The van der Waals surface area contributed by atoms with E-state index in [1.807, 2.05) is 32.0 Å². The molecule has 5 nitrogen and oxygen atoms in total. The molecule has 1 aliphatic carbocycles. The van der Waals surface area contributed by atoms with E-state index >= 15 is 0 Å². The third-order valence-electron chi connectivity index (χ3n) is 4.80. The molecule has 0 saturated heterocycles. The maximum atomic E-state index is 12.6. The van der Waals surface area contributed by atoms with Crippen LogP contribution >= 0.6 is 0 Å². The maximum Gasteiger partial charge on any atom is 0.255 e. The van der Waals surface area contributed by atoms with Gasteiger partial charge in [0.2, 0.25) is 10.0 Å². The minimum atomic E-state index is -3.62. The van der Waals surface area contributed by atoms with Gasteiger partial charge in [-0.05, 0) is 56.0 Å². The molecule has 26 heavy (non-hydrogen) atoms. The average molecular weight is 372 g/mol. The Morgan fingerprint density at radius 3 is 2.27 bits per heavy atom. The van der Waals surface area contributed by atoms with Gasteiger partial charge in [-0.2, -0.15) is 0 Å². The molecule has 2 aromatic rings. The van der Waals surface area contributed by atoms with Crippen molar-refractivity contribution in [1.82, 2.24) is 4.72 Å². The molecule has 6 heteroatoms. The van der Waals surface area contributed by atoms with Crippen molar-refractivity contribution in [3.63, 3.8) is 0 Å². The normalized spacial score (nSPS) is 15.2. The van der Waals surface area contributed by atoms with Crippen LogP contribution in [0.25, 0.3) is 0 Å². The van der Waals surface area contributed by atoms with Gasteiger partial charge >= 0.3 is 0 Å². The van der Waals surface area contributed by atoms with E-state index in [0.29, 0.717) is 5.56 Å². The first-order chi connectivity index (χ1) is 12.4. The van der Waals surface area contributed by atoms with Crippen LogP contribution in [0.1, 0.15) is 47.2 Å². The van der Waals surface area contributed by atoms with Crippen molar-refractivity contribution in [2.45, 2.75) is 50.5 Å². The molecular weight excluding hydrogens is 348 g/mol. The van der Waals surface area contributed by atoms with E-state index in [1.54, 1.807) is 12.1 Å². The van der Waals surface area contributed by atoms with E-state index in [-0.39, 0.29) is 16.8 Å². The fraction of sp³-hybridized carbons (Fsp3) is 0.350. The molecule has 0 heterocycles. The van der Waals surface area contributed by atoms with Crippen LogP contribution in [0.5, 0.6) is 0 Å². The summed E-state index contributed by atoms with van der Waals surface area (Å²) in [6.45, 7) is 3.85. The highest BCUT2D eigenvalue weighted by molar-refractivity contribution is 7.89. The number of hydrogen-bond donors (Lipinski definition) is 2. The second-order valence-corrected chi connectivity index (χ2v) is 8.57. The first-order valence-electron chi connectivity index (χ1n) is 8.87. The minimum Gasteiger partial charge on any atom is -0.322 e. The molecule has 1 saturated carbocycles. The van der Waals surface area contributed by atoms with E-state index in [0.717, 1.165) is 42.5 Å². The van der Waals surface area contributed by atoms with Crippen molar-refractivity contribution in [3.05, 3.63) is 59.2 Å². The number of aryl methyl sites for hydroxylation is 2. The molecule has 138 valence electrons. The van der Waals surface area contributed by atoms with E-state index in [1.165, 1.54) is 12.1 Å². The van der Waals surface area contributed by atoms with Gasteiger partial charge in [0, 0.05) is 17.3 Å². The lowest BCUT2D eigenvalue weighted by molar-refractivity contribution is 0.102. The fourth-order valence-electron chi connectivity index (χ4n) is 3.33. The van der Waals surface area contributed by atoms with Crippen LogP contribution in [0, 0.1) is 13.8 Å². The molecule has 2 N–H and O–H groups in total. The number of sulfonamides is 1. The van der Waals surface area contributed by atoms with Gasteiger partial charge in [0.05, 0.1) is 4.90 Å². The number of nitrogens with one attached hydrogen (secondary N) is 2. The molecule has 1 amide bonds. The lowest BCUT2D eigenvalue weighted by atomic mass is 10.1. The molecule has 3 rings (SSSR count). The van der Waals surface area contributed by atoms with Crippen LogP contribution in [0.15, 0.2) is 47.4 Å². The Labute approximate surface area is 154 Å². The Balaban J connectivity index is 1.81. The zero-order valence-corrected chi connectivity index (χ0v) is 15.9. The van der Waals surface area contributed by atoms with Gasteiger partial charge in [0.25, 0.3) is 5.91 Å². The summed E-state index contributed by atoms with van der Waals surface area (Å²) in [5, 5.41) is 2.89. The van der Waals surface area contributed by atoms with Crippen LogP contribution in [-0.2, 0) is 10.0 Å². The highest BCUT2D eigenvalue weighted by Gasteiger charge is 2.23. The van der Waals surface area contributed by atoms with Crippen molar-refractivity contribution >= 4 is 21.6 Å². The first kappa shape index (κ1) is 18.6. The van der Waals surface area contributed by atoms with Crippen molar-refractivity contribution < 1.29 is 13.2 Å². The van der Waals surface area contributed by atoms with Crippen LogP contribution in [0.2, 0.25) is 0 Å². The Bertz CT molecular complexity index is 896. The quantitative estimate of drug-likeness (QED) is 0.839. The number of hydrogen-bond acceptors (Lipinski definition) is 3. The molecule has 1 fully saturated rings. The number of para-hydroxylation sites is 1. The Kier molecular flexibility index (Phi) is 5.44. The third-order valence-corrected chi connectivity index (χ3v) is 6.32. The SMILES string of the molecule is Cc1cccc(C)c1NC(=O)c1cccc(S(=O)(=O)NC2CCCC2)c1. The maximum absolute atomic E-state index is 12.6. The molecule has 0 radical (unpaired) electrons. The van der Waals surface area contributed by atoms with Gasteiger partial charge in [-0.15, -0.1) is 0 Å². The lowest BCUT2D eigenvalue weighted by Gasteiger charge is -2.14. The molecule has 0 unspecified atom stereocenters. The second-order valence-electron chi connectivity index (χ2n) is 6.85. The third kappa shape index (κ3) is 4.14. The van der Waals surface area contributed by atoms with Gasteiger partial charge in [0.15, 0.2) is 0 Å². The number of amides is 1. The number of carbonyl (C=O) groups is 1. The van der Waals surface area contributed by atoms with Gasteiger partial charge in [0.1, 0.15) is 0 Å². The summed E-state index contributed by atoms with van der Waals surface area (Å²) in [4.78, 5) is 12.7. The molecule has 0 aliphatic heterocycles. The summed E-state index contributed by atoms with van der Waals surface area (Å²) in [5.74, 6) is -0.319. The smallest absolute Gasteiger partial charge is 0.255 e. The Morgan fingerprint density at radius 1 is 1.00 bits per heavy atom. The lowest BCUT2D eigenvalue weighted by Crippen LogP contribution is -2.32. The van der Waals surface area contributed by atoms with Crippen molar-refractivity contribution in [2.75, 3.05) is 5.32 Å². The average Bonchev–Trinajstić information content (AvgIpc) is 3.10. The summed E-state index contributed by atoms with van der Waals surface area (Å²) in [6, 6.07) is 12.0. The van der Waals surface area contributed by atoms with Crippen molar-refractivity contribution in [2.24, 2.45) is 0 Å². The monoisotopic (exact) mass is 372 g/mol. The summed E-state index contributed by atoms with van der Waals surface area (Å²) < 4.78 is 27.9. The van der Waals surface area contributed by atoms with Gasteiger partial charge in [-0.1, -0.05) is 37.1 Å². The highest BCUT2D eigenvalue weighted by atomic mass is 32.2. The Hall–Kier alpha value is -2.18. The Morgan fingerprint density at radius 2 is 1.62 bits per heavy atom. The molecule has 2 aromatic carbocycles. The van der Waals surface area contributed by atoms with Gasteiger partial charge in [-0.3, -0.25) is 4.79 Å². The first-order valence-corrected chi connectivity index (χ1v) is 10.3. The van der Waals surface area contributed by atoms with Crippen LogP contribution in [0.3, 0.4) is 0 Å². The number of rotatable bonds is 5. The van der Waals surface area contributed by atoms with E-state index in [4.69, 9.17) is 0 Å². The molecule has 0 spiro atoms. The van der Waals surface area contributed by atoms with E-state index < -0.39 is 10.0 Å². The zero-order chi connectivity index (χ0) is 18.7. The predicted octanol–water partition coefficient (Wildman–Crippen LogP) is 3.78. The minimum absolute atomic E-state index is 0.00731. The molecule has 0 bridgehead atoms. The predicted molar refractivity (Wildman–Crippen MR) is 103 cm³/mol. The van der Waals surface area contributed by atoms with Crippen molar-refractivity contribution in [1.29, 1.82) is 0 Å². The number of anilines is 1. The van der Waals surface area contributed by atoms with Crippen LogP contribution < -0.4 is 10.0 Å². The largest absolute Gasteiger partial charge is 0.322 e. The van der Waals surface area contributed by atoms with Gasteiger partial charge in [-0.25, -0.2) is 13.1 Å². The topological polar surface area (TPSA) is 75.3 Å². The van der Waals surface area contributed by atoms with E-state index in [2.05, 4.69) is 10.0 Å². The molecular formula is C20H24N2O3S. The number of benzene rings is 2. The summed E-state index contributed by atoms with van der Waals surface area (Å²) in [7, 11) is -3.62. The molecule has 1 aliphatic rings. The highest BCUT2D eigenvalue weighted by Crippen LogP contribution is 2.22. The summed E-state index contributed by atoms with van der Waals surface area (Å²) in [6.07, 6.45) is 3.83. The fourth-order valence-corrected chi connectivity index (χ4v) is 4.68.